The van der Waals surface area contributed by atoms with Crippen molar-refractivity contribution in [2.75, 3.05) is 13.1 Å². The topological polar surface area (TPSA) is 38.1 Å². The predicted octanol–water partition coefficient (Wildman–Crippen LogP) is 2.21. The van der Waals surface area contributed by atoms with Crippen molar-refractivity contribution in [3.05, 3.63) is 16.3 Å². The van der Waals surface area contributed by atoms with Gasteiger partial charge in [0, 0.05) is 21.8 Å². The SMILES string of the molecule is Cc1nc(Br)oc1C1CCNCC1. The van der Waals surface area contributed by atoms with Gasteiger partial charge in [0.2, 0.25) is 0 Å². The zero-order chi connectivity index (χ0) is 9.26. The Hall–Kier alpha value is -0.350. The third-order valence-electron chi connectivity index (χ3n) is 2.52. The second-order valence-electron chi connectivity index (χ2n) is 3.44. The number of rotatable bonds is 1. The van der Waals surface area contributed by atoms with Crippen LogP contribution in [0.5, 0.6) is 0 Å². The van der Waals surface area contributed by atoms with E-state index in [2.05, 4.69) is 26.2 Å². The van der Waals surface area contributed by atoms with E-state index in [1.54, 1.807) is 0 Å². The van der Waals surface area contributed by atoms with Crippen LogP contribution in [0.1, 0.15) is 30.2 Å². The first-order valence-corrected chi connectivity index (χ1v) is 5.40. The van der Waals surface area contributed by atoms with E-state index < -0.39 is 0 Å². The highest BCUT2D eigenvalue weighted by molar-refractivity contribution is 9.10. The van der Waals surface area contributed by atoms with Crippen LogP contribution in [0.15, 0.2) is 9.22 Å². The molecule has 72 valence electrons. The molecule has 0 bridgehead atoms. The van der Waals surface area contributed by atoms with E-state index in [4.69, 9.17) is 4.42 Å². The molecular formula is C9H13BrN2O. The fraction of sp³-hybridized carbons (Fsp3) is 0.667. The number of hydrogen-bond acceptors (Lipinski definition) is 3. The lowest BCUT2D eigenvalue weighted by Crippen LogP contribution is -2.26. The summed E-state index contributed by atoms with van der Waals surface area (Å²) in [7, 11) is 0. The maximum Gasteiger partial charge on any atom is 0.264 e. The second kappa shape index (κ2) is 3.80. The van der Waals surface area contributed by atoms with Gasteiger partial charge in [-0.2, -0.15) is 0 Å². The molecule has 0 aromatic carbocycles. The van der Waals surface area contributed by atoms with Gasteiger partial charge in [-0.25, -0.2) is 4.98 Å². The van der Waals surface area contributed by atoms with Crippen molar-refractivity contribution in [1.82, 2.24) is 10.3 Å². The summed E-state index contributed by atoms with van der Waals surface area (Å²) in [5, 5.41) is 3.34. The van der Waals surface area contributed by atoms with Crippen molar-refractivity contribution >= 4 is 15.9 Å². The number of nitrogens with one attached hydrogen (secondary N) is 1. The molecule has 0 aliphatic carbocycles. The molecule has 0 radical (unpaired) electrons. The monoisotopic (exact) mass is 244 g/mol. The largest absolute Gasteiger partial charge is 0.436 e. The molecule has 1 aliphatic heterocycles. The lowest BCUT2D eigenvalue weighted by Gasteiger charge is -2.20. The number of halogens is 1. The minimum atomic E-state index is 0.556. The quantitative estimate of drug-likeness (QED) is 0.824. The van der Waals surface area contributed by atoms with E-state index in [1.807, 2.05) is 6.92 Å². The van der Waals surface area contributed by atoms with Crippen LogP contribution in [0.25, 0.3) is 0 Å². The molecule has 0 unspecified atom stereocenters. The summed E-state index contributed by atoms with van der Waals surface area (Å²) in [6, 6.07) is 0. The van der Waals surface area contributed by atoms with Crippen molar-refractivity contribution in [1.29, 1.82) is 0 Å². The first-order valence-electron chi connectivity index (χ1n) is 4.61. The Bertz CT molecular complexity index is 292. The fourth-order valence-corrected chi connectivity index (χ4v) is 2.28. The second-order valence-corrected chi connectivity index (χ2v) is 4.12. The Kier molecular flexibility index (Phi) is 2.69. The molecule has 1 fully saturated rings. The van der Waals surface area contributed by atoms with Gasteiger partial charge in [0.15, 0.2) is 0 Å². The van der Waals surface area contributed by atoms with E-state index in [9.17, 15) is 0 Å². The number of piperidine rings is 1. The predicted molar refractivity (Wildman–Crippen MR) is 53.8 cm³/mol. The van der Waals surface area contributed by atoms with Crippen LogP contribution in [0.2, 0.25) is 0 Å². The van der Waals surface area contributed by atoms with E-state index in [1.165, 1.54) is 0 Å². The molecule has 1 saturated heterocycles. The Morgan fingerprint density at radius 2 is 2.15 bits per heavy atom. The highest BCUT2D eigenvalue weighted by atomic mass is 79.9. The molecule has 0 spiro atoms. The van der Waals surface area contributed by atoms with E-state index >= 15 is 0 Å². The molecule has 1 aliphatic rings. The average Bonchev–Trinajstić information content (AvgIpc) is 2.47. The Morgan fingerprint density at radius 1 is 1.46 bits per heavy atom. The molecular weight excluding hydrogens is 232 g/mol. The maximum atomic E-state index is 5.53. The van der Waals surface area contributed by atoms with Crippen LogP contribution in [0, 0.1) is 6.92 Å². The zero-order valence-corrected chi connectivity index (χ0v) is 9.23. The molecule has 1 N–H and O–H groups in total. The highest BCUT2D eigenvalue weighted by Crippen LogP contribution is 2.29. The number of aromatic nitrogens is 1. The molecule has 0 saturated carbocycles. The third kappa shape index (κ3) is 1.94. The smallest absolute Gasteiger partial charge is 0.264 e. The number of aryl methyl sites for hydroxylation is 1. The van der Waals surface area contributed by atoms with Gasteiger partial charge in [-0.3, -0.25) is 0 Å². The summed E-state index contributed by atoms with van der Waals surface area (Å²) in [5.41, 5.74) is 1.03. The van der Waals surface area contributed by atoms with Crippen molar-refractivity contribution < 1.29 is 4.42 Å². The van der Waals surface area contributed by atoms with Crippen LogP contribution >= 0.6 is 15.9 Å². The van der Waals surface area contributed by atoms with Crippen LogP contribution in [-0.4, -0.2) is 18.1 Å². The summed E-state index contributed by atoms with van der Waals surface area (Å²) < 4.78 is 5.53. The van der Waals surface area contributed by atoms with Crippen LogP contribution in [0.3, 0.4) is 0 Å². The normalized spacial score (nSPS) is 19.2. The van der Waals surface area contributed by atoms with E-state index in [-0.39, 0.29) is 0 Å². The molecule has 2 heterocycles. The molecule has 4 heteroatoms. The molecule has 0 amide bonds. The van der Waals surface area contributed by atoms with E-state index in [0.717, 1.165) is 37.4 Å². The van der Waals surface area contributed by atoms with Gasteiger partial charge in [-0.05, 0) is 32.9 Å². The van der Waals surface area contributed by atoms with Crippen LogP contribution in [0.4, 0.5) is 0 Å². The van der Waals surface area contributed by atoms with Crippen LogP contribution in [-0.2, 0) is 0 Å². The molecule has 1 aromatic rings. The standard InChI is InChI=1S/C9H13BrN2O/c1-6-8(13-9(10)12-6)7-2-4-11-5-3-7/h7,11H,2-5H2,1H3. The molecule has 13 heavy (non-hydrogen) atoms. The minimum absolute atomic E-state index is 0.556. The van der Waals surface area contributed by atoms with Gasteiger partial charge >= 0.3 is 0 Å². The van der Waals surface area contributed by atoms with Gasteiger partial charge in [0.05, 0.1) is 5.69 Å². The van der Waals surface area contributed by atoms with Crippen LogP contribution < -0.4 is 5.32 Å². The van der Waals surface area contributed by atoms with Gasteiger partial charge < -0.3 is 9.73 Å². The van der Waals surface area contributed by atoms with Gasteiger partial charge in [-0.1, -0.05) is 0 Å². The summed E-state index contributed by atoms with van der Waals surface area (Å²) >= 11 is 3.26. The third-order valence-corrected chi connectivity index (χ3v) is 2.86. The first kappa shape index (κ1) is 9.21. The van der Waals surface area contributed by atoms with Gasteiger partial charge in [-0.15, -0.1) is 0 Å². The summed E-state index contributed by atoms with van der Waals surface area (Å²) in [4.78, 5) is 4.83. The van der Waals surface area contributed by atoms with Crippen molar-refractivity contribution in [3.63, 3.8) is 0 Å². The molecule has 3 nitrogen and oxygen atoms in total. The highest BCUT2D eigenvalue weighted by Gasteiger charge is 2.21. The zero-order valence-electron chi connectivity index (χ0n) is 7.64. The molecule has 1 aromatic heterocycles. The minimum Gasteiger partial charge on any atom is -0.436 e. The average molecular weight is 245 g/mol. The molecule has 2 rings (SSSR count). The number of oxazole rings is 1. The number of nitrogens with zero attached hydrogens (tertiary/aromatic N) is 1. The van der Waals surface area contributed by atoms with Crippen molar-refractivity contribution in [2.24, 2.45) is 0 Å². The summed E-state index contributed by atoms with van der Waals surface area (Å²) in [6.45, 7) is 4.18. The van der Waals surface area contributed by atoms with Crippen molar-refractivity contribution in [2.45, 2.75) is 25.7 Å². The number of hydrogen-bond donors (Lipinski definition) is 1. The Morgan fingerprint density at radius 3 is 2.69 bits per heavy atom. The maximum absolute atomic E-state index is 5.53. The van der Waals surface area contributed by atoms with Gasteiger partial charge in [0.25, 0.3) is 4.80 Å². The Labute approximate surface area is 86.0 Å². The fourth-order valence-electron chi connectivity index (χ4n) is 1.84. The van der Waals surface area contributed by atoms with Crippen molar-refractivity contribution in [3.8, 4) is 0 Å². The lowest BCUT2D eigenvalue weighted by atomic mass is 9.94. The summed E-state index contributed by atoms with van der Waals surface area (Å²) in [5.74, 6) is 1.62. The first-order chi connectivity index (χ1) is 6.27. The lowest BCUT2D eigenvalue weighted by molar-refractivity contribution is 0.375. The van der Waals surface area contributed by atoms with E-state index in [0.29, 0.717) is 10.7 Å². The summed E-state index contributed by atoms with van der Waals surface area (Å²) in [6.07, 6.45) is 2.31. The van der Waals surface area contributed by atoms with Gasteiger partial charge in [0.1, 0.15) is 5.76 Å². The Balaban J connectivity index is 2.18. The molecule has 0 atom stereocenters.